The van der Waals surface area contributed by atoms with Crippen LogP contribution in [-0.2, 0) is 6.18 Å². The van der Waals surface area contributed by atoms with Gasteiger partial charge in [0.1, 0.15) is 0 Å². The second kappa shape index (κ2) is 5.68. The third-order valence-corrected chi connectivity index (χ3v) is 6.10. The molecule has 0 saturated carbocycles. The van der Waals surface area contributed by atoms with Gasteiger partial charge < -0.3 is 15.2 Å². The number of fused-ring (bicyclic) bond motifs is 2. The lowest BCUT2D eigenvalue weighted by molar-refractivity contribution is -0.136. The lowest BCUT2D eigenvalue weighted by atomic mass is 9.73. The highest BCUT2D eigenvalue weighted by Crippen LogP contribution is 2.54. The van der Waals surface area contributed by atoms with Crippen LogP contribution in [0.25, 0.3) is 16.6 Å². The van der Waals surface area contributed by atoms with Crippen molar-refractivity contribution in [1.82, 2.24) is 9.55 Å². The predicted octanol–water partition coefficient (Wildman–Crippen LogP) is 4.59. The number of H-pyrrole nitrogens is 1. The van der Waals surface area contributed by atoms with Crippen LogP contribution in [0.2, 0.25) is 0 Å². The van der Waals surface area contributed by atoms with Crippen molar-refractivity contribution in [2.75, 3.05) is 0 Å². The number of benzene rings is 1. The number of nitrogens with zero attached hydrogens (tertiary/aromatic N) is 1. The molecular weight excluding hydrogens is 385 g/mol. The minimum Gasteiger partial charge on any atom is -0.494 e. The first kappa shape index (κ1) is 17.9. The fourth-order valence-electron chi connectivity index (χ4n) is 4.77. The summed E-state index contributed by atoms with van der Waals surface area (Å²) in [7, 11) is 0. The Labute approximate surface area is 162 Å². The quantitative estimate of drug-likeness (QED) is 0.521. The zero-order valence-corrected chi connectivity index (χ0v) is 15.3. The first-order valence-corrected chi connectivity index (χ1v) is 9.27. The Morgan fingerprint density at radius 2 is 1.66 bits per heavy atom. The Morgan fingerprint density at radius 1 is 1.07 bits per heavy atom. The monoisotopic (exact) mass is 402 g/mol. The van der Waals surface area contributed by atoms with E-state index in [9.17, 15) is 28.2 Å². The van der Waals surface area contributed by atoms with E-state index in [0.29, 0.717) is 28.4 Å². The number of aromatic amines is 1. The van der Waals surface area contributed by atoms with E-state index in [2.05, 4.69) is 4.98 Å². The Morgan fingerprint density at radius 3 is 2.17 bits per heavy atom. The fourth-order valence-corrected chi connectivity index (χ4v) is 4.77. The van der Waals surface area contributed by atoms with Gasteiger partial charge in [-0.3, -0.25) is 9.36 Å². The maximum atomic E-state index is 13.4. The van der Waals surface area contributed by atoms with E-state index >= 15 is 0 Å². The molecule has 2 atom stereocenters. The minimum atomic E-state index is -4.68. The molecular formula is C21H17F3N2O3. The first-order chi connectivity index (χ1) is 13.7. The Kier molecular flexibility index (Phi) is 3.51. The lowest BCUT2D eigenvalue weighted by Gasteiger charge is -2.30. The van der Waals surface area contributed by atoms with Crippen molar-refractivity contribution in [3.8, 4) is 17.4 Å². The zero-order chi connectivity index (χ0) is 20.7. The molecule has 0 saturated heterocycles. The van der Waals surface area contributed by atoms with Gasteiger partial charge in [-0.2, -0.15) is 13.2 Å². The van der Waals surface area contributed by atoms with Crippen LogP contribution in [0, 0.1) is 6.92 Å². The molecule has 2 aromatic heterocycles. The average molecular weight is 402 g/mol. The van der Waals surface area contributed by atoms with Crippen molar-refractivity contribution in [3.05, 3.63) is 63.0 Å². The molecule has 0 fully saturated rings. The van der Waals surface area contributed by atoms with Gasteiger partial charge in [0, 0.05) is 34.4 Å². The van der Waals surface area contributed by atoms with Crippen molar-refractivity contribution in [2.45, 2.75) is 37.8 Å². The molecule has 8 heteroatoms. The maximum Gasteiger partial charge on any atom is 0.417 e. The van der Waals surface area contributed by atoms with Crippen LogP contribution in [0.5, 0.6) is 11.8 Å². The van der Waals surface area contributed by atoms with Crippen LogP contribution >= 0.6 is 0 Å². The van der Waals surface area contributed by atoms with Crippen molar-refractivity contribution in [3.63, 3.8) is 0 Å². The standard InChI is InChI=1S/C21H17F3N2O3/c1-9-14(7-6-12-13(21(22,23)24)8-15(27)25-18(9)12)26-19(28)16-10-2-3-11(5-4-10)17(16)20(26)29/h2-3,6-8,10-11,28-29H,4-5H2,1H3,(H,25,27)/t10-,11?/m0/s1. The Bertz CT molecular complexity index is 1230. The Balaban J connectivity index is 1.80. The highest BCUT2D eigenvalue weighted by atomic mass is 19.4. The number of halogens is 3. The highest BCUT2D eigenvalue weighted by Gasteiger charge is 2.38. The maximum absolute atomic E-state index is 13.4. The molecule has 0 aliphatic heterocycles. The van der Waals surface area contributed by atoms with E-state index in [-0.39, 0.29) is 34.5 Å². The number of pyridine rings is 1. The molecule has 0 radical (unpaired) electrons. The molecule has 2 bridgehead atoms. The van der Waals surface area contributed by atoms with Gasteiger partial charge in [-0.15, -0.1) is 0 Å². The molecule has 3 aromatic rings. The van der Waals surface area contributed by atoms with Crippen molar-refractivity contribution >= 4 is 10.9 Å². The largest absolute Gasteiger partial charge is 0.494 e. The average Bonchev–Trinajstić information content (AvgIpc) is 2.95. The number of hydrogen-bond donors (Lipinski definition) is 3. The van der Waals surface area contributed by atoms with Gasteiger partial charge in [-0.1, -0.05) is 18.2 Å². The van der Waals surface area contributed by atoms with Crippen LogP contribution in [0.1, 0.15) is 46.9 Å². The summed E-state index contributed by atoms with van der Waals surface area (Å²) >= 11 is 0. The third-order valence-electron chi connectivity index (χ3n) is 6.10. The molecule has 150 valence electrons. The number of aromatic hydroxyl groups is 2. The van der Waals surface area contributed by atoms with Crippen LogP contribution in [0.3, 0.4) is 0 Å². The summed E-state index contributed by atoms with van der Waals surface area (Å²) in [5.74, 6) is -0.235. The summed E-state index contributed by atoms with van der Waals surface area (Å²) in [4.78, 5) is 14.3. The molecule has 6 rings (SSSR count). The van der Waals surface area contributed by atoms with Crippen molar-refractivity contribution in [2.24, 2.45) is 0 Å². The summed E-state index contributed by atoms with van der Waals surface area (Å²) in [5, 5.41) is 21.6. The van der Waals surface area contributed by atoms with E-state index in [1.54, 1.807) is 6.92 Å². The second-order valence-corrected chi connectivity index (χ2v) is 7.66. The SMILES string of the molecule is Cc1c(-n2c(O)c3c(c2O)[C@H]2C=CC3CC2)ccc2c(C(F)(F)F)cc(=O)[nH]c12. The van der Waals surface area contributed by atoms with Crippen LogP contribution in [0.4, 0.5) is 13.2 Å². The van der Waals surface area contributed by atoms with Gasteiger partial charge in [0.15, 0.2) is 0 Å². The zero-order valence-electron chi connectivity index (χ0n) is 15.3. The smallest absolute Gasteiger partial charge is 0.417 e. The number of aryl methyl sites for hydroxylation is 1. The van der Waals surface area contributed by atoms with Crippen molar-refractivity contribution < 1.29 is 23.4 Å². The second-order valence-electron chi connectivity index (χ2n) is 7.66. The van der Waals surface area contributed by atoms with Gasteiger partial charge in [0.2, 0.25) is 17.3 Å². The summed E-state index contributed by atoms with van der Waals surface area (Å²) in [6.45, 7) is 1.55. The fraction of sp³-hybridized carbons (Fsp3) is 0.286. The van der Waals surface area contributed by atoms with Crippen LogP contribution < -0.4 is 5.56 Å². The van der Waals surface area contributed by atoms with Gasteiger partial charge in [0.25, 0.3) is 0 Å². The van der Waals surface area contributed by atoms with E-state index in [0.717, 1.165) is 12.8 Å². The normalized spacial score (nSPS) is 20.4. The summed E-state index contributed by atoms with van der Waals surface area (Å²) in [6, 6.07) is 3.21. The van der Waals surface area contributed by atoms with Gasteiger partial charge in [0.05, 0.1) is 16.8 Å². The number of rotatable bonds is 1. The molecule has 0 amide bonds. The highest BCUT2D eigenvalue weighted by molar-refractivity contribution is 5.88. The summed E-state index contributed by atoms with van der Waals surface area (Å²) in [6.07, 6.45) is 1.08. The molecule has 29 heavy (non-hydrogen) atoms. The van der Waals surface area contributed by atoms with Gasteiger partial charge >= 0.3 is 6.18 Å². The number of hydrogen-bond acceptors (Lipinski definition) is 3. The molecule has 3 aliphatic carbocycles. The molecule has 1 aromatic carbocycles. The summed E-state index contributed by atoms with van der Waals surface area (Å²) in [5.41, 5.74) is 0.103. The molecule has 2 heterocycles. The van der Waals surface area contributed by atoms with E-state index < -0.39 is 17.3 Å². The molecule has 3 aliphatic rings. The molecule has 0 spiro atoms. The topological polar surface area (TPSA) is 78.2 Å². The van der Waals surface area contributed by atoms with E-state index in [4.69, 9.17) is 0 Å². The van der Waals surface area contributed by atoms with E-state index in [1.807, 2.05) is 12.2 Å². The number of nitrogens with one attached hydrogen (secondary N) is 1. The first-order valence-electron chi connectivity index (χ1n) is 9.27. The molecule has 3 N–H and O–H groups in total. The predicted molar refractivity (Wildman–Crippen MR) is 101 cm³/mol. The number of allylic oxidation sites excluding steroid dienone is 2. The van der Waals surface area contributed by atoms with Gasteiger partial charge in [-0.25, -0.2) is 0 Å². The van der Waals surface area contributed by atoms with E-state index in [1.165, 1.54) is 16.7 Å². The summed E-state index contributed by atoms with van der Waals surface area (Å²) < 4.78 is 41.4. The van der Waals surface area contributed by atoms with Gasteiger partial charge in [-0.05, 0) is 31.4 Å². The van der Waals surface area contributed by atoms with Crippen LogP contribution in [-0.4, -0.2) is 19.8 Å². The lowest BCUT2D eigenvalue weighted by Crippen LogP contribution is -2.15. The minimum absolute atomic E-state index is 0.000415. The van der Waals surface area contributed by atoms with Crippen molar-refractivity contribution in [1.29, 1.82) is 0 Å². The number of aromatic nitrogens is 2. The molecule has 5 nitrogen and oxygen atoms in total. The Hall–Kier alpha value is -3.16. The van der Waals surface area contributed by atoms with Crippen LogP contribution in [0.15, 0.2) is 35.1 Å². The third kappa shape index (κ3) is 2.38. The molecule has 1 unspecified atom stereocenters. The number of alkyl halides is 3.